The number of ether oxygens (including phenoxy) is 10. The zero-order valence-corrected chi connectivity index (χ0v) is 26.8. The van der Waals surface area contributed by atoms with Gasteiger partial charge in [0.1, 0.15) is 24.9 Å². The number of hydrogen-bond donors (Lipinski definition) is 0. The van der Waals surface area contributed by atoms with Gasteiger partial charge in [-0.15, -0.1) is 6.42 Å². The van der Waals surface area contributed by atoms with Crippen molar-refractivity contribution in [2.75, 3.05) is 6.61 Å². The van der Waals surface area contributed by atoms with Gasteiger partial charge in [0.2, 0.25) is 6.29 Å². The van der Waals surface area contributed by atoms with Crippen LogP contribution in [-0.4, -0.2) is 97.9 Å². The third-order valence-electron chi connectivity index (χ3n) is 6.54. The molecule has 0 unspecified atom stereocenters. The lowest BCUT2D eigenvalue weighted by molar-refractivity contribution is -0.357. The van der Waals surface area contributed by atoms with Crippen LogP contribution in [0.5, 0.6) is 0 Å². The van der Waals surface area contributed by atoms with Gasteiger partial charge in [-0.2, -0.15) is 0 Å². The van der Waals surface area contributed by atoms with Gasteiger partial charge in [0.25, 0.3) is 0 Å². The molecule has 10 atom stereocenters. The fourth-order valence-electron chi connectivity index (χ4n) is 4.83. The minimum absolute atomic E-state index is 0.427. The number of rotatable bonds is 10. The molecule has 0 bridgehead atoms. The summed E-state index contributed by atoms with van der Waals surface area (Å²) >= 11 is 0. The van der Waals surface area contributed by atoms with E-state index in [1.165, 1.54) is 0 Å². The maximum Gasteiger partial charge on any atom is 0.523 e. The average molecular weight is 665 g/mol. The quantitative estimate of drug-likeness (QED) is 0.181. The van der Waals surface area contributed by atoms with E-state index in [0.717, 1.165) is 34.6 Å². The van der Waals surface area contributed by atoms with Crippen molar-refractivity contribution in [3.8, 4) is 36.2 Å². The Morgan fingerprint density at radius 3 is 1.77 bits per heavy atom. The van der Waals surface area contributed by atoms with Crippen LogP contribution >= 0.6 is 0 Å². The molecule has 0 amide bonds. The van der Waals surface area contributed by atoms with Gasteiger partial charge < -0.3 is 47.4 Å². The molecule has 0 radical (unpaired) electrons. The molecule has 0 aromatic carbocycles. The van der Waals surface area contributed by atoms with E-state index in [2.05, 4.69) is 17.8 Å². The van der Waals surface area contributed by atoms with Crippen molar-refractivity contribution in [2.45, 2.75) is 110 Å². The normalized spacial score (nSPS) is 29.4. The predicted molar refractivity (Wildman–Crippen MR) is 152 cm³/mol. The molecule has 2 aliphatic heterocycles. The predicted octanol–water partition coefficient (Wildman–Crippen LogP) is 0.908. The first-order valence-electron chi connectivity index (χ1n) is 14.3. The molecule has 0 aromatic rings. The first-order valence-corrected chi connectivity index (χ1v) is 14.3. The summed E-state index contributed by atoms with van der Waals surface area (Å²) < 4.78 is 55.2. The highest BCUT2D eigenvalue weighted by atomic mass is 16.8. The van der Waals surface area contributed by atoms with Crippen molar-refractivity contribution < 1.29 is 76.1 Å². The largest absolute Gasteiger partial charge is 0.523 e. The minimum Gasteiger partial charge on any atom is -0.463 e. The molecule has 2 saturated heterocycles. The van der Waals surface area contributed by atoms with Crippen LogP contribution in [0.3, 0.4) is 0 Å². The maximum atomic E-state index is 12.8. The molecule has 2 aliphatic rings. The first-order chi connectivity index (χ1) is 22.2. The van der Waals surface area contributed by atoms with E-state index in [9.17, 15) is 28.8 Å². The van der Waals surface area contributed by atoms with Crippen LogP contribution in [0.2, 0.25) is 0 Å². The molecule has 16 nitrogen and oxygen atoms in total. The summed E-state index contributed by atoms with van der Waals surface area (Å²) in [4.78, 5) is 73.1. The van der Waals surface area contributed by atoms with E-state index < -0.39 is 104 Å². The van der Waals surface area contributed by atoms with Crippen molar-refractivity contribution in [2.24, 2.45) is 5.92 Å². The summed E-state index contributed by atoms with van der Waals surface area (Å²) in [6.45, 7) is 8.40. The van der Waals surface area contributed by atoms with Crippen LogP contribution in [-0.2, 0) is 71.3 Å². The molecular weight excluding hydrogens is 628 g/mol. The van der Waals surface area contributed by atoms with Gasteiger partial charge in [0, 0.05) is 52.4 Å². The molecule has 2 rings (SSSR count). The van der Waals surface area contributed by atoms with Gasteiger partial charge >= 0.3 is 36.0 Å². The molecule has 0 aromatic heterocycles. The summed E-state index contributed by atoms with van der Waals surface area (Å²) in [5, 5.41) is 0. The van der Waals surface area contributed by atoms with Gasteiger partial charge in [-0.05, 0) is 18.3 Å². The molecule has 2 fully saturated rings. The van der Waals surface area contributed by atoms with E-state index in [0.29, 0.717) is 6.42 Å². The Morgan fingerprint density at radius 1 is 0.638 bits per heavy atom. The molecule has 256 valence electrons. The highest BCUT2D eigenvalue weighted by molar-refractivity contribution is 5.68. The standard InChI is InChI=1S/C31H36O16/c1-9-11-12-13-14-38-31(37)47-28-26(42-20(7)35)25(41-19(6)34)23(15-39-17(4)32)45-30(28)46-27-24(40-18(5)33)16(3)22(10-2)44-29(27)43-21(8)36/h1,16,22-30H,10,15H2,2-8H3/t16-,22+,23-,24+,25-,26+,27+,28+,29+,30-/m1/s1. The smallest absolute Gasteiger partial charge is 0.463 e. The van der Waals surface area contributed by atoms with E-state index in [1.807, 2.05) is 12.0 Å². The number of hydrogen-bond acceptors (Lipinski definition) is 16. The number of carbonyl (C=O) groups excluding carboxylic acids is 6. The summed E-state index contributed by atoms with van der Waals surface area (Å²) in [6.07, 6.45) is -6.90. The van der Waals surface area contributed by atoms with Crippen molar-refractivity contribution in [3.05, 3.63) is 0 Å². The fraction of sp³-hybridized carbons (Fsp3) is 0.613. The van der Waals surface area contributed by atoms with Crippen molar-refractivity contribution in [3.63, 3.8) is 0 Å². The van der Waals surface area contributed by atoms with Crippen LogP contribution in [0.4, 0.5) is 4.79 Å². The number of terminal acetylenes is 1. The second kappa shape index (κ2) is 18.4. The lowest BCUT2D eigenvalue weighted by Crippen LogP contribution is -2.65. The Labute approximate surface area is 271 Å². The zero-order valence-electron chi connectivity index (χ0n) is 26.8. The summed E-state index contributed by atoms with van der Waals surface area (Å²) in [7, 11) is 0. The molecular formula is C31H36O16. The lowest BCUT2D eigenvalue weighted by atomic mass is 9.88. The van der Waals surface area contributed by atoms with Gasteiger partial charge in [-0.1, -0.05) is 13.8 Å². The van der Waals surface area contributed by atoms with Crippen LogP contribution in [0.1, 0.15) is 54.9 Å². The van der Waals surface area contributed by atoms with Crippen LogP contribution in [0.25, 0.3) is 0 Å². The Balaban J connectivity index is 2.67. The van der Waals surface area contributed by atoms with Crippen LogP contribution < -0.4 is 0 Å². The second-order valence-electron chi connectivity index (χ2n) is 10.1. The number of carbonyl (C=O) groups is 6. The van der Waals surface area contributed by atoms with Crippen LogP contribution in [0, 0.1) is 42.1 Å². The van der Waals surface area contributed by atoms with E-state index in [-0.39, 0.29) is 0 Å². The Morgan fingerprint density at radius 2 is 1.21 bits per heavy atom. The molecule has 0 N–H and O–H groups in total. The zero-order chi connectivity index (χ0) is 35.3. The second-order valence-corrected chi connectivity index (χ2v) is 10.1. The van der Waals surface area contributed by atoms with Crippen molar-refractivity contribution in [1.82, 2.24) is 0 Å². The van der Waals surface area contributed by atoms with Gasteiger partial charge in [0.15, 0.2) is 30.7 Å². The molecule has 0 spiro atoms. The Hall–Kier alpha value is -4.82. The van der Waals surface area contributed by atoms with E-state index in [1.54, 1.807) is 13.8 Å². The van der Waals surface area contributed by atoms with E-state index >= 15 is 0 Å². The minimum atomic E-state index is -1.81. The third-order valence-corrected chi connectivity index (χ3v) is 6.54. The molecule has 0 saturated carbocycles. The fourth-order valence-corrected chi connectivity index (χ4v) is 4.83. The molecule has 47 heavy (non-hydrogen) atoms. The summed E-state index contributed by atoms with van der Waals surface area (Å²) in [5.41, 5.74) is 0. The number of esters is 5. The first kappa shape index (κ1) is 38.4. The Bertz CT molecular complexity index is 1340. The summed E-state index contributed by atoms with van der Waals surface area (Å²) in [6, 6.07) is 0. The average Bonchev–Trinajstić information content (AvgIpc) is 2.97. The SMILES string of the molecule is C#CC#CC#COC(=O)O[C@@H]1[C@@H](O[C@@H]2[C@@H](OC(C)=O)O[C@@H](CC)[C@@H](C)[C@@H]2OC(C)=O)O[C@H](COC(C)=O)[C@@H](OC(C)=O)[C@@H]1OC(C)=O. The molecule has 0 aliphatic carbocycles. The van der Waals surface area contributed by atoms with Crippen molar-refractivity contribution in [1.29, 1.82) is 0 Å². The summed E-state index contributed by atoms with van der Waals surface area (Å²) in [5.74, 6) is 4.01. The highest BCUT2D eigenvalue weighted by Crippen LogP contribution is 2.37. The van der Waals surface area contributed by atoms with E-state index in [4.69, 9.17) is 53.8 Å². The molecule has 2 heterocycles. The van der Waals surface area contributed by atoms with Gasteiger partial charge in [-0.3, -0.25) is 24.0 Å². The monoisotopic (exact) mass is 664 g/mol. The Kier molecular flexibility index (Phi) is 15.0. The van der Waals surface area contributed by atoms with Gasteiger partial charge in [0.05, 0.1) is 6.10 Å². The van der Waals surface area contributed by atoms with Crippen LogP contribution in [0.15, 0.2) is 0 Å². The maximum absolute atomic E-state index is 12.8. The van der Waals surface area contributed by atoms with Gasteiger partial charge in [-0.25, -0.2) is 4.79 Å². The topological polar surface area (TPSA) is 195 Å². The molecule has 16 heteroatoms. The lowest BCUT2D eigenvalue weighted by Gasteiger charge is -2.48. The third kappa shape index (κ3) is 11.8. The highest BCUT2D eigenvalue weighted by Gasteiger charge is 2.56. The van der Waals surface area contributed by atoms with Crippen molar-refractivity contribution >= 4 is 36.0 Å².